The van der Waals surface area contributed by atoms with Gasteiger partial charge in [-0.15, -0.1) is 0 Å². The van der Waals surface area contributed by atoms with Gasteiger partial charge in [-0.3, -0.25) is 37.3 Å². The lowest BCUT2D eigenvalue weighted by atomic mass is 10.0. The van der Waals surface area contributed by atoms with Crippen LogP contribution in [0.2, 0.25) is 0 Å². The number of esters is 4. The summed E-state index contributed by atoms with van der Waals surface area (Å²) >= 11 is 0. The van der Waals surface area contributed by atoms with E-state index in [2.05, 4.69) is 55.4 Å². The molecule has 3 N–H and O–H groups in total. The number of carbonyl (C=O) groups excluding carboxylic acids is 4. The number of rotatable bonds is 76. The third kappa shape index (κ3) is 72.4. The van der Waals surface area contributed by atoms with Crippen LogP contribution in [0.25, 0.3) is 0 Å². The molecule has 5 atom stereocenters. The normalized spacial score (nSPS) is 14.1. The fraction of sp³-hybridized carbons (Fsp3) is 0.949. The van der Waals surface area contributed by atoms with Crippen LogP contribution in [0.3, 0.4) is 0 Å². The Morgan fingerprint density at radius 2 is 0.429 bits per heavy atom. The molecule has 582 valence electrons. The third-order valence-corrected chi connectivity index (χ3v) is 20.2. The van der Waals surface area contributed by atoms with Crippen molar-refractivity contribution in [3.05, 3.63) is 0 Å². The van der Waals surface area contributed by atoms with Gasteiger partial charge in [0.2, 0.25) is 0 Å². The molecule has 0 aromatic rings. The van der Waals surface area contributed by atoms with E-state index >= 15 is 0 Å². The van der Waals surface area contributed by atoms with Gasteiger partial charge in [-0.1, -0.05) is 351 Å². The lowest BCUT2D eigenvalue weighted by Crippen LogP contribution is -2.30. The van der Waals surface area contributed by atoms with Crippen molar-refractivity contribution in [3.8, 4) is 0 Å². The van der Waals surface area contributed by atoms with E-state index in [-0.39, 0.29) is 25.7 Å². The SMILES string of the molecule is CC(C)CCCCCCCCCCCCCCCCCCC(=O)O[C@H](COC(=O)CCCCCCCCC(C)C)COP(=O)(O)OCC(O)COP(=O)(O)OC[C@@H](COC(=O)CCCCCCCCCCCCCCCCCC(C)C)OC(=O)CCCCCCCCCCCC(C)C. The molecule has 0 spiro atoms. The van der Waals surface area contributed by atoms with E-state index in [9.17, 15) is 43.2 Å². The van der Waals surface area contributed by atoms with Gasteiger partial charge in [0, 0.05) is 25.7 Å². The summed E-state index contributed by atoms with van der Waals surface area (Å²) in [6.07, 6.45) is 54.4. The lowest BCUT2D eigenvalue weighted by molar-refractivity contribution is -0.161. The predicted molar refractivity (Wildman–Crippen MR) is 400 cm³/mol. The summed E-state index contributed by atoms with van der Waals surface area (Å²) in [4.78, 5) is 72.9. The molecule has 0 fully saturated rings. The second-order valence-corrected chi connectivity index (χ2v) is 33.3. The predicted octanol–water partition coefficient (Wildman–Crippen LogP) is 23.2. The lowest BCUT2D eigenvalue weighted by Gasteiger charge is -2.21. The molecule has 19 heteroatoms. The maximum absolute atomic E-state index is 13.1. The van der Waals surface area contributed by atoms with Crippen LogP contribution in [-0.4, -0.2) is 96.7 Å². The molecule has 17 nitrogen and oxygen atoms in total. The van der Waals surface area contributed by atoms with Gasteiger partial charge in [-0.05, 0) is 49.4 Å². The highest BCUT2D eigenvalue weighted by atomic mass is 31.2. The Morgan fingerprint density at radius 3 is 0.633 bits per heavy atom. The zero-order valence-corrected chi connectivity index (χ0v) is 66.2. The first-order chi connectivity index (χ1) is 47.1. The Morgan fingerprint density at radius 1 is 0.255 bits per heavy atom. The first kappa shape index (κ1) is 96.1. The van der Waals surface area contributed by atoms with Crippen LogP contribution in [0.15, 0.2) is 0 Å². The van der Waals surface area contributed by atoms with E-state index in [1.54, 1.807) is 0 Å². The molecule has 0 aliphatic heterocycles. The standard InChI is InChI=1S/C79H154O17P2/c1-69(2)55-47-39-31-25-20-16-12-9-10-14-19-23-29-35-45-53-61-78(83)96-75(66-90-77(82)60-52-44-38-37-42-50-58-72(7)8)68-94-98(87,88)92-64-73(80)63-91-97(85,86)93-67-74(95-79(84)62-54-46-36-30-24-27-33-41-49-57-71(5)6)65-89-76(81)59-51-43-34-28-22-18-15-11-13-17-21-26-32-40-48-56-70(3)4/h69-75,80H,9-68H2,1-8H3,(H,85,86)(H,87,88)/t73?,74-,75-/m1/s1. The fourth-order valence-electron chi connectivity index (χ4n) is 12.1. The Balaban J connectivity index is 5.18. The molecule has 98 heavy (non-hydrogen) atoms. The van der Waals surface area contributed by atoms with Crippen molar-refractivity contribution in [1.82, 2.24) is 0 Å². The smallest absolute Gasteiger partial charge is 0.462 e. The second-order valence-electron chi connectivity index (χ2n) is 30.4. The average Bonchev–Trinajstić information content (AvgIpc) is 1.00. The van der Waals surface area contributed by atoms with Crippen LogP contribution >= 0.6 is 15.6 Å². The number of unbranched alkanes of at least 4 members (excludes halogenated alkanes) is 42. The molecule has 0 saturated heterocycles. The van der Waals surface area contributed by atoms with Crippen molar-refractivity contribution in [2.24, 2.45) is 23.7 Å². The van der Waals surface area contributed by atoms with E-state index in [0.717, 1.165) is 114 Å². The van der Waals surface area contributed by atoms with E-state index in [1.807, 2.05) is 0 Å². The highest BCUT2D eigenvalue weighted by Crippen LogP contribution is 2.45. The molecule has 0 rings (SSSR count). The Labute approximate surface area is 600 Å². The molecule has 0 saturated carbocycles. The number of aliphatic hydroxyl groups excluding tert-OH is 1. The van der Waals surface area contributed by atoms with Crippen LogP contribution in [0.5, 0.6) is 0 Å². The Hall–Kier alpha value is -1.94. The third-order valence-electron chi connectivity index (χ3n) is 18.3. The topological polar surface area (TPSA) is 237 Å². The van der Waals surface area contributed by atoms with Gasteiger partial charge < -0.3 is 33.8 Å². The molecular formula is C79H154O17P2. The number of aliphatic hydroxyl groups is 1. The second kappa shape index (κ2) is 68.2. The summed E-state index contributed by atoms with van der Waals surface area (Å²) in [6.45, 7) is 14.2. The van der Waals surface area contributed by atoms with E-state index < -0.39 is 97.5 Å². The van der Waals surface area contributed by atoms with E-state index in [0.29, 0.717) is 31.6 Å². The maximum Gasteiger partial charge on any atom is 0.472 e. The maximum atomic E-state index is 13.1. The molecule has 3 unspecified atom stereocenters. The largest absolute Gasteiger partial charge is 0.472 e. The van der Waals surface area contributed by atoms with Gasteiger partial charge in [-0.25, -0.2) is 9.13 Å². The molecule has 0 aliphatic rings. The van der Waals surface area contributed by atoms with Crippen LogP contribution in [-0.2, 0) is 65.4 Å². The van der Waals surface area contributed by atoms with Crippen LogP contribution in [0.4, 0.5) is 0 Å². The van der Waals surface area contributed by atoms with E-state index in [1.165, 1.54) is 199 Å². The summed E-state index contributed by atoms with van der Waals surface area (Å²) in [5.41, 5.74) is 0. The molecule has 0 aliphatic carbocycles. The molecule has 0 heterocycles. The van der Waals surface area contributed by atoms with Crippen molar-refractivity contribution in [1.29, 1.82) is 0 Å². The summed E-state index contributed by atoms with van der Waals surface area (Å²) in [6, 6.07) is 0. The van der Waals surface area contributed by atoms with Crippen molar-refractivity contribution >= 4 is 39.5 Å². The number of ether oxygens (including phenoxy) is 4. The quantitative estimate of drug-likeness (QED) is 0.0222. The van der Waals surface area contributed by atoms with Gasteiger partial charge in [0.15, 0.2) is 12.2 Å². The van der Waals surface area contributed by atoms with Crippen molar-refractivity contribution < 1.29 is 80.2 Å². The zero-order chi connectivity index (χ0) is 72.4. The highest BCUT2D eigenvalue weighted by molar-refractivity contribution is 7.47. The van der Waals surface area contributed by atoms with Gasteiger partial charge >= 0.3 is 39.5 Å². The molecule has 0 aromatic carbocycles. The van der Waals surface area contributed by atoms with Gasteiger partial charge in [0.25, 0.3) is 0 Å². The Kier molecular flexibility index (Phi) is 66.8. The number of hydrogen-bond acceptors (Lipinski definition) is 15. The van der Waals surface area contributed by atoms with Crippen molar-refractivity contribution in [3.63, 3.8) is 0 Å². The van der Waals surface area contributed by atoms with E-state index in [4.69, 9.17) is 37.0 Å². The monoisotopic (exact) mass is 1440 g/mol. The highest BCUT2D eigenvalue weighted by Gasteiger charge is 2.30. The van der Waals surface area contributed by atoms with Gasteiger partial charge in [0.1, 0.15) is 19.3 Å². The van der Waals surface area contributed by atoms with Gasteiger partial charge in [-0.2, -0.15) is 0 Å². The summed E-state index contributed by atoms with van der Waals surface area (Å²) < 4.78 is 68.6. The summed E-state index contributed by atoms with van der Waals surface area (Å²) in [7, 11) is -9.92. The van der Waals surface area contributed by atoms with Crippen molar-refractivity contribution in [2.75, 3.05) is 39.6 Å². The molecule has 0 aromatic heterocycles. The van der Waals surface area contributed by atoms with Crippen LogP contribution < -0.4 is 0 Å². The molecular weight excluding hydrogens is 1280 g/mol. The number of carbonyl (C=O) groups is 4. The molecule has 0 bridgehead atoms. The summed E-state index contributed by atoms with van der Waals surface area (Å²) in [5, 5.41) is 10.6. The minimum absolute atomic E-state index is 0.105. The minimum atomic E-state index is -4.96. The minimum Gasteiger partial charge on any atom is -0.462 e. The van der Waals surface area contributed by atoms with Crippen LogP contribution in [0.1, 0.15) is 402 Å². The Bertz CT molecular complexity index is 1920. The summed E-state index contributed by atoms with van der Waals surface area (Å²) in [5.74, 6) is 0.912. The number of phosphoric acid groups is 2. The molecule has 0 radical (unpaired) electrons. The van der Waals surface area contributed by atoms with Crippen molar-refractivity contribution in [2.45, 2.75) is 420 Å². The fourth-order valence-corrected chi connectivity index (χ4v) is 13.7. The first-order valence-corrected chi connectivity index (χ1v) is 43.7. The first-order valence-electron chi connectivity index (χ1n) is 40.7. The average molecular weight is 1440 g/mol. The zero-order valence-electron chi connectivity index (χ0n) is 64.4. The van der Waals surface area contributed by atoms with Crippen LogP contribution in [0, 0.1) is 23.7 Å². The van der Waals surface area contributed by atoms with Gasteiger partial charge in [0.05, 0.1) is 26.4 Å². The molecule has 0 amide bonds. The number of phosphoric ester groups is 2. The number of hydrogen-bond donors (Lipinski definition) is 3.